The summed E-state index contributed by atoms with van der Waals surface area (Å²) in [4.78, 5) is 0. The normalized spacial score (nSPS) is 16.3. The van der Waals surface area contributed by atoms with Crippen LogP contribution in [0.4, 0.5) is 0 Å². The van der Waals surface area contributed by atoms with Crippen molar-refractivity contribution in [2.75, 3.05) is 0 Å². The number of rotatable bonds is 1. The van der Waals surface area contributed by atoms with Crippen molar-refractivity contribution in [3.63, 3.8) is 0 Å². The van der Waals surface area contributed by atoms with Crippen LogP contribution in [-0.4, -0.2) is 10.2 Å². The molecule has 0 aromatic heterocycles. The van der Waals surface area contributed by atoms with Gasteiger partial charge in [-0.1, -0.05) is 28.5 Å². The van der Waals surface area contributed by atoms with E-state index in [2.05, 4.69) is 46.8 Å². The lowest BCUT2D eigenvalue weighted by molar-refractivity contribution is 1.25. The smallest absolute Gasteiger partial charge is 0.0341 e. The molecule has 1 aliphatic carbocycles. The molecule has 2 rings (SSSR count). The molecular weight excluding hydrogens is 220 g/mol. The van der Waals surface area contributed by atoms with Gasteiger partial charge in [0.1, 0.15) is 0 Å². The Labute approximate surface area is 108 Å². The summed E-state index contributed by atoms with van der Waals surface area (Å²) in [7, 11) is 1.20. The van der Waals surface area contributed by atoms with Crippen molar-refractivity contribution < 1.29 is 0 Å². The lowest BCUT2D eigenvalue weighted by Crippen LogP contribution is -1.95. The van der Waals surface area contributed by atoms with Crippen LogP contribution in [0.25, 0.3) is 5.57 Å². The van der Waals surface area contributed by atoms with Gasteiger partial charge in [0.25, 0.3) is 0 Å². The predicted octanol–water partition coefficient (Wildman–Crippen LogP) is 3.43. The highest BCUT2D eigenvalue weighted by Gasteiger charge is 2.19. The van der Waals surface area contributed by atoms with E-state index in [4.69, 9.17) is 0 Å². The summed E-state index contributed by atoms with van der Waals surface area (Å²) in [5, 5.41) is 1.66. The van der Waals surface area contributed by atoms with Gasteiger partial charge in [-0.25, -0.2) is 0 Å². The number of aryl methyl sites for hydroxylation is 3. The summed E-state index contributed by atoms with van der Waals surface area (Å²) in [5.41, 5.74) is 10.4. The first-order valence-corrected chi connectivity index (χ1v) is 7.36. The van der Waals surface area contributed by atoms with Gasteiger partial charge in [0.2, 0.25) is 0 Å². The molecule has 0 nitrogen and oxygen atoms in total. The van der Waals surface area contributed by atoms with Crippen molar-refractivity contribution in [2.24, 2.45) is 0 Å². The Morgan fingerprint density at radius 1 is 0.882 bits per heavy atom. The highest BCUT2D eigenvalue weighted by Crippen LogP contribution is 2.39. The molecule has 0 aliphatic heterocycles. The molecule has 0 fully saturated rings. The molecular formula is C16H22Si. The SMILES string of the molecule is CC1=C([SiH3])CC(c2c(C)cc(C)cc2C)=C1C. The van der Waals surface area contributed by atoms with Gasteiger partial charge in [-0.15, -0.1) is 0 Å². The third-order valence-electron chi connectivity index (χ3n) is 4.08. The maximum Gasteiger partial charge on any atom is 0.0341 e. The first kappa shape index (κ1) is 12.4. The third-order valence-corrected chi connectivity index (χ3v) is 5.18. The molecule has 0 spiro atoms. The topological polar surface area (TPSA) is 0 Å². The van der Waals surface area contributed by atoms with Gasteiger partial charge < -0.3 is 0 Å². The zero-order valence-electron chi connectivity index (χ0n) is 11.9. The monoisotopic (exact) mass is 242 g/mol. The lowest BCUT2D eigenvalue weighted by atomic mass is 9.91. The fraction of sp³-hybridized carbons (Fsp3) is 0.375. The Hall–Kier alpha value is -1.08. The van der Waals surface area contributed by atoms with Gasteiger partial charge in [-0.05, 0) is 68.9 Å². The maximum absolute atomic E-state index is 2.31. The minimum Gasteiger partial charge on any atom is -0.0843 e. The van der Waals surface area contributed by atoms with Crippen molar-refractivity contribution in [3.05, 3.63) is 50.7 Å². The summed E-state index contributed by atoms with van der Waals surface area (Å²) in [6, 6.07) is 4.62. The van der Waals surface area contributed by atoms with E-state index in [0.717, 1.165) is 0 Å². The van der Waals surface area contributed by atoms with E-state index < -0.39 is 0 Å². The molecule has 0 heterocycles. The largest absolute Gasteiger partial charge is 0.0843 e. The van der Waals surface area contributed by atoms with Crippen LogP contribution in [0.1, 0.15) is 42.5 Å². The molecule has 0 amide bonds. The van der Waals surface area contributed by atoms with Crippen molar-refractivity contribution in [3.8, 4) is 0 Å². The zero-order chi connectivity index (χ0) is 12.7. The maximum atomic E-state index is 2.31. The van der Waals surface area contributed by atoms with Crippen LogP contribution in [0.2, 0.25) is 0 Å². The zero-order valence-corrected chi connectivity index (χ0v) is 13.9. The van der Waals surface area contributed by atoms with Crippen molar-refractivity contribution >= 4 is 15.8 Å². The van der Waals surface area contributed by atoms with E-state index in [1.807, 2.05) is 0 Å². The molecule has 1 aliphatic rings. The fourth-order valence-electron chi connectivity index (χ4n) is 3.01. The van der Waals surface area contributed by atoms with Crippen LogP contribution in [0.3, 0.4) is 0 Å². The second kappa shape index (κ2) is 4.30. The molecule has 0 saturated heterocycles. The van der Waals surface area contributed by atoms with Gasteiger partial charge in [-0.3, -0.25) is 0 Å². The Morgan fingerprint density at radius 3 is 1.82 bits per heavy atom. The van der Waals surface area contributed by atoms with E-state index >= 15 is 0 Å². The summed E-state index contributed by atoms with van der Waals surface area (Å²) in [5.74, 6) is 0. The highest BCUT2D eigenvalue weighted by atomic mass is 28.1. The second-order valence-corrected chi connectivity index (χ2v) is 6.67. The standard InChI is InChI=1S/C16H22Si/c1-9-6-10(2)16(11(3)7-9)14-8-15(17)13(5)12(14)4/h6-7H,8H2,1-5,17H3. The minimum atomic E-state index is 1.19. The van der Waals surface area contributed by atoms with Crippen molar-refractivity contribution in [1.29, 1.82) is 0 Å². The van der Waals surface area contributed by atoms with E-state index in [-0.39, 0.29) is 0 Å². The van der Waals surface area contributed by atoms with Crippen LogP contribution >= 0.6 is 0 Å². The number of hydrogen-bond donors (Lipinski definition) is 0. The first-order chi connectivity index (χ1) is 7.91. The molecule has 0 saturated carbocycles. The van der Waals surface area contributed by atoms with Crippen LogP contribution in [0.5, 0.6) is 0 Å². The molecule has 0 unspecified atom stereocenters. The molecule has 0 N–H and O–H groups in total. The van der Waals surface area contributed by atoms with Crippen LogP contribution in [0, 0.1) is 20.8 Å². The van der Waals surface area contributed by atoms with E-state index in [9.17, 15) is 0 Å². The quantitative estimate of drug-likeness (QED) is 0.662. The minimum absolute atomic E-state index is 1.19. The first-order valence-electron chi connectivity index (χ1n) is 6.36. The van der Waals surface area contributed by atoms with E-state index in [0.29, 0.717) is 0 Å². The molecule has 1 aromatic rings. The molecule has 0 radical (unpaired) electrons. The van der Waals surface area contributed by atoms with Crippen LogP contribution in [-0.2, 0) is 0 Å². The van der Waals surface area contributed by atoms with Gasteiger partial charge in [0, 0.05) is 10.2 Å². The Balaban J connectivity index is 2.59. The predicted molar refractivity (Wildman–Crippen MR) is 80.5 cm³/mol. The second-order valence-electron chi connectivity index (χ2n) is 5.46. The van der Waals surface area contributed by atoms with Gasteiger partial charge >= 0.3 is 0 Å². The summed E-state index contributed by atoms with van der Waals surface area (Å²) >= 11 is 0. The molecule has 90 valence electrons. The summed E-state index contributed by atoms with van der Waals surface area (Å²) in [6.07, 6.45) is 1.19. The average molecular weight is 242 g/mol. The fourth-order valence-corrected chi connectivity index (χ4v) is 3.74. The van der Waals surface area contributed by atoms with Crippen LogP contribution in [0.15, 0.2) is 28.5 Å². The van der Waals surface area contributed by atoms with E-state index in [1.165, 1.54) is 44.5 Å². The Bertz CT molecular complexity index is 522. The average Bonchev–Trinajstić information content (AvgIpc) is 2.45. The van der Waals surface area contributed by atoms with Crippen molar-refractivity contribution in [1.82, 2.24) is 0 Å². The molecule has 1 heteroatoms. The van der Waals surface area contributed by atoms with E-state index in [1.54, 1.807) is 16.3 Å². The number of allylic oxidation sites excluding steroid dienone is 4. The summed E-state index contributed by atoms with van der Waals surface area (Å²) in [6.45, 7) is 11.2. The molecule has 1 aromatic carbocycles. The van der Waals surface area contributed by atoms with Gasteiger partial charge in [0.05, 0.1) is 0 Å². The number of hydrogen-bond acceptors (Lipinski definition) is 0. The highest BCUT2D eigenvalue weighted by molar-refractivity contribution is 6.24. The van der Waals surface area contributed by atoms with Crippen LogP contribution < -0.4 is 0 Å². The molecule has 0 bridgehead atoms. The number of benzene rings is 1. The van der Waals surface area contributed by atoms with Crippen molar-refractivity contribution in [2.45, 2.75) is 41.0 Å². The van der Waals surface area contributed by atoms with Gasteiger partial charge in [0.15, 0.2) is 0 Å². The lowest BCUT2D eigenvalue weighted by Gasteiger charge is -2.14. The third kappa shape index (κ3) is 2.04. The molecule has 17 heavy (non-hydrogen) atoms. The molecule has 0 atom stereocenters. The summed E-state index contributed by atoms with van der Waals surface area (Å²) < 4.78 is 0. The Kier molecular flexibility index (Phi) is 3.13. The van der Waals surface area contributed by atoms with Gasteiger partial charge in [-0.2, -0.15) is 0 Å². The Morgan fingerprint density at radius 2 is 1.41 bits per heavy atom.